The molecule has 0 spiro atoms. The minimum absolute atomic E-state index is 0.367. The summed E-state index contributed by atoms with van der Waals surface area (Å²) in [6.45, 7) is 17.7. The van der Waals surface area contributed by atoms with Crippen LogP contribution in [0, 0.1) is 0 Å². The molecule has 1 nitrogen and oxygen atoms in total. The molecule has 0 aromatic heterocycles. The van der Waals surface area contributed by atoms with E-state index in [-0.39, 0.29) is 8.80 Å². The lowest BCUT2D eigenvalue weighted by molar-refractivity contribution is 0.715. The van der Waals surface area contributed by atoms with Crippen molar-refractivity contribution < 1.29 is 0 Å². The Hall–Kier alpha value is 0.134. The van der Waals surface area contributed by atoms with Crippen molar-refractivity contribution in [2.45, 2.75) is 58.8 Å². The molecule has 0 aliphatic carbocycles. The largest absolute Gasteiger partial charge is 0.320 e. The first-order valence-corrected chi connectivity index (χ1v) is 11.8. The highest BCUT2D eigenvalue weighted by molar-refractivity contribution is 6.67. The summed E-state index contributed by atoms with van der Waals surface area (Å²) in [4.78, 5) is 0. The molecule has 0 amide bonds. The Labute approximate surface area is 106 Å². The van der Waals surface area contributed by atoms with Crippen LogP contribution in [0.15, 0.2) is 11.3 Å². The van der Waals surface area contributed by atoms with Gasteiger partial charge in [-0.15, -0.1) is 0 Å². The van der Waals surface area contributed by atoms with E-state index in [2.05, 4.69) is 58.7 Å². The smallest absolute Gasteiger partial charge is 0.0813 e. The summed E-state index contributed by atoms with van der Waals surface area (Å²) >= 11 is 0. The average molecular weight is 258 g/mol. The van der Waals surface area contributed by atoms with Crippen LogP contribution in [0.2, 0.25) is 24.2 Å². The summed E-state index contributed by atoms with van der Waals surface area (Å²) in [7, 11) is -1.17. The zero-order chi connectivity index (χ0) is 12.8. The monoisotopic (exact) mass is 257 g/mol. The fourth-order valence-electron chi connectivity index (χ4n) is 1.67. The molecule has 0 aliphatic heterocycles. The molecule has 0 saturated heterocycles. The minimum Gasteiger partial charge on any atom is -0.320 e. The highest BCUT2D eigenvalue weighted by atomic mass is 28.3. The summed E-state index contributed by atoms with van der Waals surface area (Å²) in [6.07, 6.45) is 1.26. The van der Waals surface area contributed by atoms with Crippen LogP contribution in [0.1, 0.15) is 34.6 Å². The summed E-state index contributed by atoms with van der Waals surface area (Å²) < 4.78 is 0. The van der Waals surface area contributed by atoms with Gasteiger partial charge in [0.05, 0.1) is 8.80 Å². The standard InChI is InChI=1S/C13H31NSi2/c1-12(2)10-16(13(3,4)5)11-14-8-9-15(6)7/h10,14-16H,8-9,11H2,1-7H3. The van der Waals surface area contributed by atoms with Crippen LogP contribution >= 0.6 is 0 Å². The van der Waals surface area contributed by atoms with Gasteiger partial charge in [-0.3, -0.25) is 0 Å². The molecule has 1 N–H and O–H groups in total. The Morgan fingerprint density at radius 3 is 2.12 bits per heavy atom. The Bertz CT molecular complexity index is 212. The number of hydrogen-bond acceptors (Lipinski definition) is 1. The molecule has 1 atom stereocenters. The fraction of sp³-hybridized carbons (Fsp3) is 0.846. The molecule has 0 aromatic rings. The first-order valence-electron chi connectivity index (χ1n) is 6.59. The summed E-state index contributed by atoms with van der Waals surface area (Å²) in [5.74, 6) is 0. The number of allylic oxidation sites excluding steroid dienone is 1. The molecule has 0 saturated carbocycles. The van der Waals surface area contributed by atoms with Crippen molar-refractivity contribution in [3.8, 4) is 0 Å². The van der Waals surface area contributed by atoms with E-state index in [1.807, 2.05) is 0 Å². The SMILES string of the molecule is CC(C)=C[SiH](CNCC[SiH](C)C)C(C)(C)C. The second-order valence-electron chi connectivity index (χ2n) is 6.60. The maximum atomic E-state index is 3.68. The van der Waals surface area contributed by atoms with E-state index in [1.165, 1.54) is 24.3 Å². The Balaban J connectivity index is 4.10. The molecule has 96 valence electrons. The lowest BCUT2D eigenvalue weighted by Gasteiger charge is -2.27. The van der Waals surface area contributed by atoms with Crippen LogP contribution in [0.4, 0.5) is 0 Å². The van der Waals surface area contributed by atoms with Crippen molar-refractivity contribution in [3.63, 3.8) is 0 Å². The molecule has 0 fully saturated rings. The van der Waals surface area contributed by atoms with Crippen molar-refractivity contribution >= 4 is 17.6 Å². The van der Waals surface area contributed by atoms with Crippen molar-refractivity contribution in [2.75, 3.05) is 12.7 Å². The predicted octanol–water partition coefficient (Wildman–Crippen LogP) is 3.13. The zero-order valence-electron chi connectivity index (χ0n) is 12.4. The van der Waals surface area contributed by atoms with Crippen molar-refractivity contribution in [3.05, 3.63) is 11.3 Å². The van der Waals surface area contributed by atoms with Gasteiger partial charge in [-0.1, -0.05) is 45.1 Å². The molecule has 0 bridgehead atoms. The van der Waals surface area contributed by atoms with Gasteiger partial charge in [-0.05, 0) is 37.6 Å². The van der Waals surface area contributed by atoms with Crippen molar-refractivity contribution in [1.29, 1.82) is 0 Å². The third-order valence-electron chi connectivity index (χ3n) is 2.91. The van der Waals surface area contributed by atoms with E-state index >= 15 is 0 Å². The van der Waals surface area contributed by atoms with Crippen molar-refractivity contribution in [1.82, 2.24) is 5.32 Å². The molecule has 0 heterocycles. The minimum atomic E-state index is -0.801. The van der Waals surface area contributed by atoms with Gasteiger partial charge in [-0.2, -0.15) is 0 Å². The van der Waals surface area contributed by atoms with E-state index in [9.17, 15) is 0 Å². The summed E-state index contributed by atoms with van der Waals surface area (Å²) in [6, 6.07) is 1.43. The third-order valence-corrected chi connectivity index (χ3v) is 8.38. The Morgan fingerprint density at radius 1 is 1.19 bits per heavy atom. The second-order valence-corrected chi connectivity index (χ2v) is 13.7. The van der Waals surface area contributed by atoms with Crippen LogP contribution in [0.3, 0.4) is 0 Å². The molecule has 1 unspecified atom stereocenters. The fourth-order valence-corrected chi connectivity index (χ4v) is 5.00. The van der Waals surface area contributed by atoms with Gasteiger partial charge in [0, 0.05) is 8.80 Å². The highest BCUT2D eigenvalue weighted by Crippen LogP contribution is 2.27. The lowest BCUT2D eigenvalue weighted by atomic mass is 10.2. The number of nitrogens with one attached hydrogen (secondary N) is 1. The maximum Gasteiger partial charge on any atom is 0.0813 e. The Morgan fingerprint density at radius 2 is 1.75 bits per heavy atom. The molecule has 0 aliphatic rings. The van der Waals surface area contributed by atoms with E-state index in [0.29, 0.717) is 5.04 Å². The normalized spacial score (nSPS) is 14.0. The van der Waals surface area contributed by atoms with Gasteiger partial charge < -0.3 is 5.32 Å². The van der Waals surface area contributed by atoms with Crippen LogP contribution in [0.25, 0.3) is 0 Å². The molecule has 16 heavy (non-hydrogen) atoms. The zero-order valence-corrected chi connectivity index (χ0v) is 14.7. The van der Waals surface area contributed by atoms with Gasteiger partial charge in [0.15, 0.2) is 0 Å². The predicted molar refractivity (Wildman–Crippen MR) is 82.8 cm³/mol. The second kappa shape index (κ2) is 7.46. The van der Waals surface area contributed by atoms with E-state index in [4.69, 9.17) is 0 Å². The lowest BCUT2D eigenvalue weighted by Crippen LogP contribution is -2.37. The summed E-state index contributed by atoms with van der Waals surface area (Å²) in [5, 5.41) is 4.18. The van der Waals surface area contributed by atoms with E-state index in [0.717, 1.165) is 0 Å². The van der Waals surface area contributed by atoms with Crippen LogP contribution in [0.5, 0.6) is 0 Å². The van der Waals surface area contributed by atoms with Gasteiger partial charge in [0.2, 0.25) is 0 Å². The topological polar surface area (TPSA) is 12.0 Å². The average Bonchev–Trinajstić information content (AvgIpc) is 2.07. The molecule has 0 aromatic carbocycles. The first-order chi connectivity index (χ1) is 7.23. The maximum absolute atomic E-state index is 3.68. The van der Waals surface area contributed by atoms with E-state index in [1.54, 1.807) is 0 Å². The molecular weight excluding hydrogens is 226 g/mol. The summed E-state index contributed by atoms with van der Waals surface area (Å²) in [5.41, 5.74) is 4.05. The van der Waals surface area contributed by atoms with Crippen LogP contribution in [-0.4, -0.2) is 30.3 Å². The first kappa shape index (κ1) is 16.1. The van der Waals surface area contributed by atoms with E-state index < -0.39 is 8.80 Å². The number of hydrogen-bond donors (Lipinski definition) is 1. The quantitative estimate of drug-likeness (QED) is 0.569. The van der Waals surface area contributed by atoms with Crippen molar-refractivity contribution in [2.24, 2.45) is 0 Å². The molecular formula is C13H31NSi2. The molecule has 0 radical (unpaired) electrons. The van der Waals surface area contributed by atoms with Crippen LogP contribution < -0.4 is 5.32 Å². The third kappa shape index (κ3) is 8.30. The molecule has 3 heteroatoms. The highest BCUT2D eigenvalue weighted by Gasteiger charge is 2.23. The van der Waals surface area contributed by atoms with Gasteiger partial charge >= 0.3 is 0 Å². The van der Waals surface area contributed by atoms with Gasteiger partial charge in [0.25, 0.3) is 0 Å². The Kier molecular flexibility index (Phi) is 7.52. The van der Waals surface area contributed by atoms with Gasteiger partial charge in [0.1, 0.15) is 0 Å². The number of rotatable bonds is 6. The van der Waals surface area contributed by atoms with Gasteiger partial charge in [-0.25, -0.2) is 0 Å². The molecule has 0 rings (SSSR count). The van der Waals surface area contributed by atoms with Crippen LogP contribution in [-0.2, 0) is 0 Å².